The minimum absolute atomic E-state index is 0.0222. The van der Waals surface area contributed by atoms with Crippen molar-refractivity contribution in [3.8, 4) is 5.75 Å². The summed E-state index contributed by atoms with van der Waals surface area (Å²) in [6.45, 7) is 0. The van der Waals surface area contributed by atoms with E-state index in [1.54, 1.807) is 24.3 Å². The molecule has 2 aromatic rings. The van der Waals surface area contributed by atoms with Crippen LogP contribution in [-0.2, 0) is 19.9 Å². The van der Waals surface area contributed by atoms with Crippen molar-refractivity contribution in [2.24, 2.45) is 4.40 Å². The van der Waals surface area contributed by atoms with Crippen LogP contribution >= 0.6 is 11.8 Å². The number of hydrogen-bond donors (Lipinski definition) is 1. The molecule has 10 heteroatoms. The predicted molar refractivity (Wildman–Crippen MR) is 91.1 cm³/mol. The van der Waals surface area contributed by atoms with E-state index in [4.69, 9.17) is 4.74 Å². The third kappa shape index (κ3) is 2.56. The van der Waals surface area contributed by atoms with Crippen molar-refractivity contribution in [1.29, 1.82) is 0 Å². The van der Waals surface area contributed by atoms with E-state index >= 15 is 0 Å². The van der Waals surface area contributed by atoms with E-state index in [-0.39, 0.29) is 20.1 Å². The molecule has 1 N–H and O–H groups in total. The molecule has 0 fully saturated rings. The lowest BCUT2D eigenvalue weighted by atomic mass is 10.2. The first kappa shape index (κ1) is 15.5. The van der Waals surface area contributed by atoms with E-state index < -0.39 is 19.9 Å². The normalized spacial score (nSPS) is 19.6. The molecule has 0 radical (unpaired) electrons. The molecule has 0 unspecified atom stereocenters. The van der Waals surface area contributed by atoms with Gasteiger partial charge in [-0.05, 0) is 36.0 Å². The van der Waals surface area contributed by atoms with Gasteiger partial charge in [-0.25, -0.2) is 16.8 Å². The summed E-state index contributed by atoms with van der Waals surface area (Å²) in [7, 11) is -7.09. The number of nitrogens with zero attached hydrogens (tertiary/aromatic N) is 1. The molecule has 0 spiro atoms. The maximum Gasteiger partial charge on any atom is 0.268 e. The Morgan fingerprint density at radius 2 is 1.75 bits per heavy atom. The molecule has 2 aliphatic heterocycles. The minimum atomic E-state index is -3.61. The summed E-state index contributed by atoms with van der Waals surface area (Å²) >= 11 is 0.971. The lowest BCUT2D eigenvalue weighted by Gasteiger charge is -2.21. The summed E-state index contributed by atoms with van der Waals surface area (Å²) in [4.78, 5) is 0.357. The molecule has 0 amide bonds. The third-order valence-electron chi connectivity index (χ3n) is 3.44. The summed E-state index contributed by atoms with van der Waals surface area (Å²) in [6.07, 6.45) is 0. The predicted octanol–water partition coefficient (Wildman–Crippen LogP) is 2.35. The Bertz CT molecular complexity index is 1090. The number of sulfone groups is 1. The standard InChI is InChI=1S/C14H10N2O5S3/c17-23(18)8-22-14(16-23)21-9-5-6-13-11(7-9)15-10-3-1-2-4-12(10)24(13,19)20/h1-7,15H,8H2. The summed E-state index contributed by atoms with van der Waals surface area (Å²) in [5.41, 5.74) is 0.856. The molecule has 2 aliphatic rings. The molecule has 2 heterocycles. The lowest BCUT2D eigenvalue weighted by molar-refractivity contribution is 0.565. The number of rotatable bonds is 1. The fraction of sp³-hybridized carbons (Fsp3) is 0.0714. The smallest absolute Gasteiger partial charge is 0.268 e. The molecular formula is C14H10N2O5S3. The molecule has 2 aromatic carbocycles. The molecule has 0 saturated heterocycles. The van der Waals surface area contributed by atoms with Crippen LogP contribution in [0.15, 0.2) is 56.7 Å². The van der Waals surface area contributed by atoms with Crippen molar-refractivity contribution >= 4 is 48.2 Å². The quantitative estimate of drug-likeness (QED) is 0.689. The number of benzene rings is 2. The molecule has 0 bridgehead atoms. The summed E-state index contributed by atoms with van der Waals surface area (Å²) in [5.74, 6) is 0.305. The average molecular weight is 382 g/mol. The van der Waals surface area contributed by atoms with Gasteiger partial charge in [-0.3, -0.25) is 0 Å². The highest BCUT2D eigenvalue weighted by molar-refractivity contribution is 8.24. The Morgan fingerprint density at radius 1 is 1.00 bits per heavy atom. The van der Waals surface area contributed by atoms with Gasteiger partial charge in [-0.1, -0.05) is 12.1 Å². The van der Waals surface area contributed by atoms with Crippen molar-refractivity contribution in [2.45, 2.75) is 9.79 Å². The second-order valence-electron chi connectivity index (χ2n) is 5.09. The molecule has 0 aromatic heterocycles. The van der Waals surface area contributed by atoms with Crippen LogP contribution in [0.25, 0.3) is 0 Å². The van der Waals surface area contributed by atoms with Gasteiger partial charge in [0.2, 0.25) is 9.84 Å². The monoisotopic (exact) mass is 382 g/mol. The van der Waals surface area contributed by atoms with Crippen LogP contribution in [0.3, 0.4) is 0 Å². The number of anilines is 2. The van der Waals surface area contributed by atoms with E-state index in [0.29, 0.717) is 17.1 Å². The van der Waals surface area contributed by atoms with Crippen molar-refractivity contribution in [1.82, 2.24) is 0 Å². The highest BCUT2D eigenvalue weighted by Gasteiger charge is 2.30. The Morgan fingerprint density at radius 3 is 2.50 bits per heavy atom. The van der Waals surface area contributed by atoms with E-state index in [2.05, 4.69) is 9.71 Å². The molecule has 0 saturated carbocycles. The number of thioether (sulfide) groups is 1. The largest absolute Gasteiger partial charge is 0.433 e. The zero-order chi connectivity index (χ0) is 16.9. The first-order valence-electron chi connectivity index (χ1n) is 6.74. The van der Waals surface area contributed by atoms with E-state index in [1.807, 2.05) is 0 Å². The molecule has 0 atom stereocenters. The van der Waals surface area contributed by atoms with Crippen LogP contribution in [0, 0.1) is 0 Å². The summed E-state index contributed by atoms with van der Waals surface area (Å²) in [6, 6.07) is 11.0. The van der Waals surface area contributed by atoms with E-state index in [9.17, 15) is 16.8 Å². The zero-order valence-corrected chi connectivity index (χ0v) is 14.4. The van der Waals surface area contributed by atoms with Crippen LogP contribution in [0.5, 0.6) is 5.75 Å². The van der Waals surface area contributed by atoms with Gasteiger partial charge in [0.1, 0.15) is 10.8 Å². The van der Waals surface area contributed by atoms with Crippen LogP contribution in [0.4, 0.5) is 11.4 Å². The van der Waals surface area contributed by atoms with Gasteiger partial charge in [0.25, 0.3) is 15.3 Å². The first-order chi connectivity index (χ1) is 11.4. The van der Waals surface area contributed by atoms with Crippen LogP contribution in [0.1, 0.15) is 0 Å². The van der Waals surface area contributed by atoms with Crippen molar-refractivity contribution in [3.63, 3.8) is 0 Å². The maximum absolute atomic E-state index is 12.6. The van der Waals surface area contributed by atoms with Gasteiger partial charge in [-0.2, -0.15) is 0 Å². The van der Waals surface area contributed by atoms with Gasteiger partial charge in [0.05, 0.1) is 21.2 Å². The third-order valence-corrected chi connectivity index (χ3v) is 7.95. The zero-order valence-electron chi connectivity index (χ0n) is 12.0. The van der Waals surface area contributed by atoms with Crippen molar-refractivity contribution in [3.05, 3.63) is 42.5 Å². The lowest BCUT2D eigenvalue weighted by Crippen LogP contribution is -2.13. The maximum atomic E-state index is 12.6. The second-order valence-corrected chi connectivity index (χ2v) is 9.90. The van der Waals surface area contributed by atoms with Gasteiger partial charge in [0.15, 0.2) is 0 Å². The van der Waals surface area contributed by atoms with Crippen molar-refractivity contribution < 1.29 is 21.6 Å². The minimum Gasteiger partial charge on any atom is -0.433 e. The SMILES string of the molecule is O=S1(=O)CSC(Oc2ccc3c(c2)Nc2ccccc2S3(=O)=O)=N1. The summed E-state index contributed by atoms with van der Waals surface area (Å²) in [5, 5.41) is 2.92. The highest BCUT2D eigenvalue weighted by Crippen LogP contribution is 2.40. The summed E-state index contributed by atoms with van der Waals surface area (Å²) < 4.78 is 56.8. The Kier molecular flexibility index (Phi) is 3.37. The van der Waals surface area contributed by atoms with E-state index in [1.165, 1.54) is 18.2 Å². The van der Waals surface area contributed by atoms with Crippen LogP contribution < -0.4 is 10.1 Å². The topological polar surface area (TPSA) is 102 Å². The second kappa shape index (κ2) is 5.23. The molecule has 0 aliphatic carbocycles. The number of fused-ring (bicyclic) bond motifs is 2. The Hall–Kier alpha value is -2.04. The number of hydrogen-bond acceptors (Lipinski definition) is 7. The van der Waals surface area contributed by atoms with E-state index in [0.717, 1.165) is 11.8 Å². The number of para-hydroxylation sites is 1. The van der Waals surface area contributed by atoms with Crippen LogP contribution in [0.2, 0.25) is 0 Å². The fourth-order valence-electron chi connectivity index (χ4n) is 2.41. The molecular weight excluding hydrogens is 372 g/mol. The number of nitrogens with one attached hydrogen (secondary N) is 1. The van der Waals surface area contributed by atoms with Gasteiger partial charge >= 0.3 is 0 Å². The Labute approximate surface area is 142 Å². The first-order valence-corrected chi connectivity index (χ1v) is 10.8. The van der Waals surface area contributed by atoms with Gasteiger partial charge in [0, 0.05) is 6.07 Å². The number of ether oxygens (including phenoxy) is 1. The molecule has 124 valence electrons. The van der Waals surface area contributed by atoms with Crippen LogP contribution in [-0.4, -0.2) is 27.2 Å². The highest BCUT2D eigenvalue weighted by atomic mass is 32.3. The average Bonchev–Trinajstić information content (AvgIpc) is 2.86. The molecule has 4 rings (SSSR count). The van der Waals surface area contributed by atoms with Gasteiger partial charge < -0.3 is 10.1 Å². The fourth-order valence-corrected chi connectivity index (χ4v) is 6.14. The number of sulfonamides is 1. The van der Waals surface area contributed by atoms with Gasteiger partial charge in [-0.15, -0.1) is 4.40 Å². The molecule has 24 heavy (non-hydrogen) atoms. The molecule has 7 nitrogen and oxygen atoms in total. The van der Waals surface area contributed by atoms with Crippen molar-refractivity contribution in [2.75, 3.05) is 10.4 Å². The Balaban J connectivity index is 1.73.